The lowest BCUT2D eigenvalue weighted by Gasteiger charge is -2.24. The molecule has 62 valence electrons. The smallest absolute Gasteiger partial charge is 0.123 e. The minimum Gasteiger partial charge on any atom is -0.303 e. The van der Waals surface area contributed by atoms with Crippen molar-refractivity contribution < 1.29 is 4.79 Å². The van der Waals surface area contributed by atoms with Crippen LogP contribution in [0.2, 0.25) is 0 Å². The van der Waals surface area contributed by atoms with Crippen LogP contribution in [0, 0.1) is 11.8 Å². The zero-order valence-corrected chi connectivity index (χ0v) is 7.12. The SMILES string of the molecule is C/C=C/[C@@H]1CCCC[C@H]1C=O. The number of carbonyl (C=O) groups excluding carboxylic acids is 1. The number of carbonyl (C=O) groups is 1. The Labute approximate surface area is 68.5 Å². The monoisotopic (exact) mass is 152 g/mol. The molecule has 1 rings (SSSR count). The van der Waals surface area contributed by atoms with Gasteiger partial charge in [0.15, 0.2) is 0 Å². The van der Waals surface area contributed by atoms with Crippen LogP contribution in [-0.4, -0.2) is 6.29 Å². The molecule has 0 aromatic carbocycles. The van der Waals surface area contributed by atoms with Crippen molar-refractivity contribution in [3.8, 4) is 0 Å². The van der Waals surface area contributed by atoms with Gasteiger partial charge >= 0.3 is 0 Å². The second kappa shape index (κ2) is 4.32. The Balaban J connectivity index is 2.50. The van der Waals surface area contributed by atoms with Crippen LogP contribution < -0.4 is 0 Å². The fraction of sp³-hybridized carbons (Fsp3) is 0.700. The molecule has 0 unspecified atom stereocenters. The van der Waals surface area contributed by atoms with E-state index in [0.29, 0.717) is 11.8 Å². The lowest BCUT2D eigenvalue weighted by molar-refractivity contribution is -0.112. The summed E-state index contributed by atoms with van der Waals surface area (Å²) in [4.78, 5) is 10.6. The minimum atomic E-state index is 0.306. The third-order valence-electron chi connectivity index (χ3n) is 2.49. The van der Waals surface area contributed by atoms with Crippen molar-refractivity contribution in [2.75, 3.05) is 0 Å². The zero-order chi connectivity index (χ0) is 8.10. The van der Waals surface area contributed by atoms with E-state index in [4.69, 9.17) is 0 Å². The summed E-state index contributed by atoms with van der Waals surface area (Å²) in [5.41, 5.74) is 0. The quantitative estimate of drug-likeness (QED) is 0.439. The maximum atomic E-state index is 10.6. The first-order valence-corrected chi connectivity index (χ1v) is 4.46. The second-order valence-corrected chi connectivity index (χ2v) is 3.27. The third-order valence-corrected chi connectivity index (χ3v) is 2.49. The minimum absolute atomic E-state index is 0.306. The van der Waals surface area contributed by atoms with E-state index in [1.54, 1.807) is 0 Å². The van der Waals surface area contributed by atoms with Gasteiger partial charge in [-0.1, -0.05) is 25.0 Å². The normalized spacial score (nSPS) is 32.5. The summed E-state index contributed by atoms with van der Waals surface area (Å²) in [6, 6.07) is 0. The second-order valence-electron chi connectivity index (χ2n) is 3.27. The molecule has 0 aliphatic heterocycles. The Morgan fingerprint density at radius 3 is 2.36 bits per heavy atom. The van der Waals surface area contributed by atoms with Crippen molar-refractivity contribution in [2.24, 2.45) is 11.8 Å². The van der Waals surface area contributed by atoms with Gasteiger partial charge in [0.1, 0.15) is 6.29 Å². The van der Waals surface area contributed by atoms with E-state index in [1.165, 1.54) is 19.3 Å². The Morgan fingerprint density at radius 1 is 1.18 bits per heavy atom. The molecule has 0 aromatic heterocycles. The first kappa shape index (κ1) is 8.51. The summed E-state index contributed by atoms with van der Waals surface area (Å²) in [6.45, 7) is 2.02. The van der Waals surface area contributed by atoms with Crippen molar-refractivity contribution in [3.63, 3.8) is 0 Å². The molecule has 1 fully saturated rings. The van der Waals surface area contributed by atoms with E-state index >= 15 is 0 Å². The van der Waals surface area contributed by atoms with E-state index < -0.39 is 0 Å². The van der Waals surface area contributed by atoms with E-state index in [1.807, 2.05) is 6.92 Å². The number of aldehydes is 1. The maximum absolute atomic E-state index is 10.6. The molecule has 1 nitrogen and oxygen atoms in total. The lowest BCUT2D eigenvalue weighted by atomic mass is 9.80. The van der Waals surface area contributed by atoms with Crippen molar-refractivity contribution >= 4 is 6.29 Å². The Hall–Kier alpha value is -0.590. The summed E-state index contributed by atoms with van der Waals surface area (Å²) in [5.74, 6) is 0.839. The van der Waals surface area contributed by atoms with Gasteiger partial charge in [0.25, 0.3) is 0 Å². The molecule has 0 aromatic rings. The topological polar surface area (TPSA) is 17.1 Å². The molecule has 1 saturated carbocycles. The van der Waals surface area contributed by atoms with Crippen LogP contribution in [0.15, 0.2) is 12.2 Å². The number of allylic oxidation sites excluding steroid dienone is 2. The van der Waals surface area contributed by atoms with Crippen LogP contribution in [0.4, 0.5) is 0 Å². The van der Waals surface area contributed by atoms with Gasteiger partial charge in [-0.05, 0) is 25.7 Å². The molecule has 2 atom stereocenters. The summed E-state index contributed by atoms with van der Waals surface area (Å²) in [5, 5.41) is 0. The Kier molecular flexibility index (Phi) is 3.34. The molecule has 0 N–H and O–H groups in total. The highest BCUT2D eigenvalue weighted by atomic mass is 16.1. The van der Waals surface area contributed by atoms with Gasteiger partial charge in [-0.2, -0.15) is 0 Å². The molecule has 0 amide bonds. The summed E-state index contributed by atoms with van der Waals surface area (Å²) in [7, 11) is 0. The summed E-state index contributed by atoms with van der Waals surface area (Å²) >= 11 is 0. The van der Waals surface area contributed by atoms with Crippen LogP contribution in [0.5, 0.6) is 0 Å². The number of rotatable bonds is 2. The third kappa shape index (κ3) is 2.18. The molecule has 0 spiro atoms. The molecule has 0 bridgehead atoms. The van der Waals surface area contributed by atoms with Crippen molar-refractivity contribution in [2.45, 2.75) is 32.6 Å². The predicted molar refractivity (Wildman–Crippen MR) is 46.3 cm³/mol. The highest BCUT2D eigenvalue weighted by Gasteiger charge is 2.21. The Bertz CT molecular complexity index is 149. The molecule has 0 radical (unpaired) electrons. The van der Waals surface area contributed by atoms with Crippen molar-refractivity contribution in [3.05, 3.63) is 12.2 Å². The van der Waals surface area contributed by atoms with Gasteiger partial charge in [-0.25, -0.2) is 0 Å². The molecular formula is C10H16O. The van der Waals surface area contributed by atoms with Crippen LogP contribution >= 0.6 is 0 Å². The fourth-order valence-corrected chi connectivity index (χ4v) is 1.84. The lowest BCUT2D eigenvalue weighted by Crippen LogP contribution is -2.18. The maximum Gasteiger partial charge on any atom is 0.123 e. The molecule has 11 heavy (non-hydrogen) atoms. The van der Waals surface area contributed by atoms with E-state index in [-0.39, 0.29) is 0 Å². The predicted octanol–water partition coefficient (Wildman–Crippen LogP) is 2.57. The van der Waals surface area contributed by atoms with Gasteiger partial charge in [0.05, 0.1) is 0 Å². The zero-order valence-electron chi connectivity index (χ0n) is 7.12. The Morgan fingerprint density at radius 2 is 1.82 bits per heavy atom. The highest BCUT2D eigenvalue weighted by Crippen LogP contribution is 2.29. The standard InChI is InChI=1S/C10H16O/c1-2-5-9-6-3-4-7-10(9)8-11/h2,5,8-10H,3-4,6-7H2,1H3/b5-2+/t9-,10+/m1/s1. The van der Waals surface area contributed by atoms with E-state index in [0.717, 1.165) is 12.7 Å². The molecule has 1 heteroatoms. The van der Waals surface area contributed by atoms with Crippen LogP contribution in [0.1, 0.15) is 32.6 Å². The summed E-state index contributed by atoms with van der Waals surface area (Å²) in [6.07, 6.45) is 10.2. The number of hydrogen-bond donors (Lipinski definition) is 0. The first-order chi connectivity index (χ1) is 5.38. The van der Waals surface area contributed by atoms with Gasteiger partial charge in [0.2, 0.25) is 0 Å². The fourth-order valence-electron chi connectivity index (χ4n) is 1.84. The van der Waals surface area contributed by atoms with Crippen LogP contribution in [0.25, 0.3) is 0 Å². The van der Waals surface area contributed by atoms with E-state index in [2.05, 4.69) is 12.2 Å². The first-order valence-electron chi connectivity index (χ1n) is 4.46. The van der Waals surface area contributed by atoms with Gasteiger partial charge in [-0.15, -0.1) is 0 Å². The average molecular weight is 152 g/mol. The van der Waals surface area contributed by atoms with Crippen LogP contribution in [-0.2, 0) is 4.79 Å². The average Bonchev–Trinajstić information content (AvgIpc) is 2.06. The number of hydrogen-bond acceptors (Lipinski definition) is 1. The van der Waals surface area contributed by atoms with Crippen molar-refractivity contribution in [1.29, 1.82) is 0 Å². The van der Waals surface area contributed by atoms with Gasteiger partial charge in [0, 0.05) is 5.92 Å². The molecule has 1 aliphatic rings. The van der Waals surface area contributed by atoms with Gasteiger partial charge in [-0.3, -0.25) is 0 Å². The molecular weight excluding hydrogens is 136 g/mol. The van der Waals surface area contributed by atoms with Crippen LogP contribution in [0.3, 0.4) is 0 Å². The highest BCUT2D eigenvalue weighted by molar-refractivity contribution is 5.54. The van der Waals surface area contributed by atoms with E-state index in [9.17, 15) is 4.79 Å². The van der Waals surface area contributed by atoms with Crippen molar-refractivity contribution in [1.82, 2.24) is 0 Å². The summed E-state index contributed by atoms with van der Waals surface area (Å²) < 4.78 is 0. The van der Waals surface area contributed by atoms with Gasteiger partial charge < -0.3 is 4.79 Å². The molecule has 0 heterocycles. The molecule has 0 saturated heterocycles. The molecule has 1 aliphatic carbocycles. The largest absolute Gasteiger partial charge is 0.303 e.